The van der Waals surface area contributed by atoms with E-state index in [-0.39, 0.29) is 5.56 Å². The molecular weight excluding hydrogens is 229 g/mol. The summed E-state index contributed by atoms with van der Waals surface area (Å²) in [5.74, 6) is -1.58. The Morgan fingerprint density at radius 2 is 2.42 bits per heavy atom. The standard InChI is InChI=1S/C7H5BrFNO2/c1-12-7(11)5-4(8)2-3-10-6(5)9/h2-3H,1H3. The summed E-state index contributed by atoms with van der Waals surface area (Å²) in [6, 6.07) is 1.47. The minimum atomic E-state index is -0.837. The predicted molar refractivity (Wildman–Crippen MR) is 43.2 cm³/mol. The van der Waals surface area contributed by atoms with E-state index in [4.69, 9.17) is 0 Å². The minimum absolute atomic E-state index is 0.181. The summed E-state index contributed by atoms with van der Waals surface area (Å²) in [6.07, 6.45) is 1.26. The normalized spacial score (nSPS) is 9.58. The summed E-state index contributed by atoms with van der Waals surface area (Å²) in [7, 11) is 1.18. The fourth-order valence-electron chi connectivity index (χ4n) is 0.698. The average molecular weight is 234 g/mol. The van der Waals surface area contributed by atoms with E-state index >= 15 is 0 Å². The first-order chi connectivity index (χ1) is 5.66. The first-order valence-electron chi connectivity index (χ1n) is 3.05. The summed E-state index contributed by atoms with van der Waals surface area (Å²) in [6.45, 7) is 0. The Hall–Kier alpha value is -0.970. The molecule has 1 rings (SSSR count). The van der Waals surface area contributed by atoms with Gasteiger partial charge in [0.1, 0.15) is 5.56 Å². The molecule has 0 N–H and O–H groups in total. The lowest BCUT2D eigenvalue weighted by Crippen LogP contribution is -2.06. The van der Waals surface area contributed by atoms with Crippen molar-refractivity contribution >= 4 is 21.9 Å². The molecular formula is C7H5BrFNO2. The Morgan fingerprint density at radius 1 is 1.75 bits per heavy atom. The lowest BCUT2D eigenvalue weighted by atomic mass is 10.3. The van der Waals surface area contributed by atoms with Crippen LogP contribution in [0.3, 0.4) is 0 Å². The molecule has 1 aromatic heterocycles. The van der Waals surface area contributed by atoms with Gasteiger partial charge in [-0.1, -0.05) is 0 Å². The van der Waals surface area contributed by atoms with Gasteiger partial charge in [0.15, 0.2) is 0 Å². The second kappa shape index (κ2) is 3.62. The topological polar surface area (TPSA) is 39.2 Å². The molecule has 0 aliphatic carbocycles. The Balaban J connectivity index is 3.21. The van der Waals surface area contributed by atoms with Crippen molar-refractivity contribution in [2.45, 2.75) is 0 Å². The summed E-state index contributed by atoms with van der Waals surface area (Å²) in [5.41, 5.74) is -0.181. The second-order valence-corrected chi connectivity index (χ2v) is 2.80. The Kier molecular flexibility index (Phi) is 2.75. The van der Waals surface area contributed by atoms with Gasteiger partial charge in [0.25, 0.3) is 0 Å². The van der Waals surface area contributed by atoms with E-state index in [1.807, 2.05) is 0 Å². The third kappa shape index (κ3) is 1.61. The van der Waals surface area contributed by atoms with E-state index in [1.165, 1.54) is 19.4 Å². The monoisotopic (exact) mass is 233 g/mol. The van der Waals surface area contributed by atoms with Gasteiger partial charge in [-0.2, -0.15) is 4.39 Å². The fraction of sp³-hybridized carbons (Fsp3) is 0.143. The van der Waals surface area contributed by atoms with Crippen molar-refractivity contribution < 1.29 is 13.9 Å². The third-order valence-corrected chi connectivity index (χ3v) is 1.90. The van der Waals surface area contributed by atoms with Crippen LogP contribution in [0.15, 0.2) is 16.7 Å². The smallest absolute Gasteiger partial charge is 0.343 e. The zero-order chi connectivity index (χ0) is 9.14. The van der Waals surface area contributed by atoms with Crippen molar-refractivity contribution in [2.75, 3.05) is 7.11 Å². The number of pyridine rings is 1. The zero-order valence-corrected chi connectivity index (χ0v) is 7.76. The minimum Gasteiger partial charge on any atom is -0.465 e. The van der Waals surface area contributed by atoms with Crippen molar-refractivity contribution in [2.24, 2.45) is 0 Å². The van der Waals surface area contributed by atoms with Gasteiger partial charge in [0.2, 0.25) is 5.95 Å². The van der Waals surface area contributed by atoms with Crippen LogP contribution in [0.25, 0.3) is 0 Å². The van der Waals surface area contributed by atoms with Gasteiger partial charge in [-0.15, -0.1) is 0 Å². The number of hydrogen-bond donors (Lipinski definition) is 0. The van der Waals surface area contributed by atoms with E-state index in [0.29, 0.717) is 4.47 Å². The number of hydrogen-bond acceptors (Lipinski definition) is 3. The van der Waals surface area contributed by atoms with Crippen LogP contribution in [-0.2, 0) is 4.74 Å². The van der Waals surface area contributed by atoms with Crippen molar-refractivity contribution in [3.05, 3.63) is 28.2 Å². The SMILES string of the molecule is COC(=O)c1c(Br)ccnc1F. The van der Waals surface area contributed by atoms with Crippen LogP contribution in [-0.4, -0.2) is 18.1 Å². The summed E-state index contributed by atoms with van der Waals surface area (Å²) < 4.78 is 17.5. The van der Waals surface area contributed by atoms with Gasteiger partial charge in [-0.3, -0.25) is 0 Å². The number of aromatic nitrogens is 1. The molecule has 3 nitrogen and oxygen atoms in total. The molecule has 0 radical (unpaired) electrons. The van der Waals surface area contributed by atoms with Crippen LogP contribution >= 0.6 is 15.9 Å². The van der Waals surface area contributed by atoms with Gasteiger partial charge >= 0.3 is 5.97 Å². The predicted octanol–water partition coefficient (Wildman–Crippen LogP) is 1.77. The van der Waals surface area contributed by atoms with Crippen LogP contribution in [0.4, 0.5) is 4.39 Å². The number of methoxy groups -OCH3 is 1. The highest BCUT2D eigenvalue weighted by Crippen LogP contribution is 2.18. The fourth-order valence-corrected chi connectivity index (χ4v) is 1.14. The molecule has 1 heterocycles. The molecule has 0 aromatic carbocycles. The first-order valence-corrected chi connectivity index (χ1v) is 3.84. The molecule has 0 bridgehead atoms. The molecule has 12 heavy (non-hydrogen) atoms. The van der Waals surface area contributed by atoms with E-state index in [1.54, 1.807) is 0 Å². The molecule has 1 aromatic rings. The van der Waals surface area contributed by atoms with Crippen molar-refractivity contribution in [3.63, 3.8) is 0 Å². The largest absolute Gasteiger partial charge is 0.465 e. The van der Waals surface area contributed by atoms with E-state index in [2.05, 4.69) is 25.7 Å². The lowest BCUT2D eigenvalue weighted by molar-refractivity contribution is 0.0593. The van der Waals surface area contributed by atoms with Gasteiger partial charge in [-0.25, -0.2) is 9.78 Å². The van der Waals surface area contributed by atoms with Crippen molar-refractivity contribution in [1.82, 2.24) is 4.98 Å². The summed E-state index contributed by atoms with van der Waals surface area (Å²) >= 11 is 3.01. The molecule has 0 atom stereocenters. The lowest BCUT2D eigenvalue weighted by Gasteiger charge is -2.01. The molecule has 64 valence electrons. The Labute approximate surface area is 76.7 Å². The van der Waals surface area contributed by atoms with Gasteiger partial charge < -0.3 is 4.74 Å². The van der Waals surface area contributed by atoms with E-state index in [0.717, 1.165) is 0 Å². The zero-order valence-electron chi connectivity index (χ0n) is 6.17. The van der Waals surface area contributed by atoms with Crippen molar-refractivity contribution in [3.8, 4) is 0 Å². The number of rotatable bonds is 1. The Morgan fingerprint density at radius 3 is 2.92 bits per heavy atom. The maximum Gasteiger partial charge on any atom is 0.343 e. The first kappa shape index (κ1) is 9.12. The second-order valence-electron chi connectivity index (χ2n) is 1.95. The summed E-state index contributed by atoms with van der Waals surface area (Å²) in [4.78, 5) is 14.2. The average Bonchev–Trinajstić information content (AvgIpc) is 2.03. The molecule has 0 aliphatic heterocycles. The number of halogens is 2. The molecule has 0 fully saturated rings. The van der Waals surface area contributed by atoms with Gasteiger partial charge in [0, 0.05) is 10.7 Å². The van der Waals surface area contributed by atoms with Crippen LogP contribution in [0.2, 0.25) is 0 Å². The highest BCUT2D eigenvalue weighted by Gasteiger charge is 2.16. The van der Waals surface area contributed by atoms with Crippen LogP contribution < -0.4 is 0 Å². The van der Waals surface area contributed by atoms with Crippen LogP contribution in [0.1, 0.15) is 10.4 Å². The maximum absolute atomic E-state index is 12.8. The third-order valence-electron chi connectivity index (χ3n) is 1.24. The molecule has 0 spiro atoms. The van der Waals surface area contributed by atoms with E-state index < -0.39 is 11.9 Å². The number of nitrogens with zero attached hydrogens (tertiary/aromatic N) is 1. The number of esters is 1. The van der Waals surface area contributed by atoms with E-state index in [9.17, 15) is 9.18 Å². The highest BCUT2D eigenvalue weighted by atomic mass is 79.9. The van der Waals surface area contributed by atoms with Gasteiger partial charge in [-0.05, 0) is 22.0 Å². The molecule has 5 heteroatoms. The van der Waals surface area contributed by atoms with Crippen molar-refractivity contribution in [1.29, 1.82) is 0 Å². The highest BCUT2D eigenvalue weighted by molar-refractivity contribution is 9.10. The number of carbonyl (C=O) groups excluding carboxylic acids is 1. The number of ether oxygens (including phenoxy) is 1. The maximum atomic E-state index is 12.8. The molecule has 0 saturated heterocycles. The molecule has 0 unspecified atom stereocenters. The molecule has 0 aliphatic rings. The van der Waals surface area contributed by atoms with Crippen LogP contribution in [0, 0.1) is 5.95 Å². The van der Waals surface area contributed by atoms with Crippen LogP contribution in [0.5, 0.6) is 0 Å². The molecule has 0 saturated carbocycles. The quantitative estimate of drug-likeness (QED) is 0.549. The number of carbonyl (C=O) groups is 1. The van der Waals surface area contributed by atoms with Gasteiger partial charge in [0.05, 0.1) is 7.11 Å². The Bertz CT molecular complexity index is 296. The molecule has 0 amide bonds. The summed E-state index contributed by atoms with van der Waals surface area (Å²) in [5, 5.41) is 0.